The van der Waals surface area contributed by atoms with E-state index in [1.807, 2.05) is 0 Å². The van der Waals surface area contributed by atoms with Gasteiger partial charge in [0.15, 0.2) is 11.9 Å². The monoisotopic (exact) mass is 188 g/mol. The largest absolute Gasteiger partial charge is 0.377 e. The lowest BCUT2D eigenvalue weighted by Crippen LogP contribution is -2.20. The first-order valence-electron chi connectivity index (χ1n) is 4.18. The zero-order valence-corrected chi connectivity index (χ0v) is 7.36. The summed E-state index contributed by atoms with van der Waals surface area (Å²) in [5, 5.41) is 9.27. The molecule has 0 saturated carbocycles. The molecule has 14 heavy (non-hydrogen) atoms. The first-order chi connectivity index (χ1) is 6.66. The van der Waals surface area contributed by atoms with Crippen LogP contribution in [0.25, 0.3) is 6.08 Å². The molecular formula is C11H8O3. The Kier molecular flexibility index (Phi) is 1.82. The molecular weight excluding hydrogens is 180 g/mol. The predicted octanol–water partition coefficient (Wildman–Crippen LogP) is 1.07. The van der Waals surface area contributed by atoms with Crippen LogP contribution >= 0.6 is 0 Å². The molecule has 1 aliphatic rings. The minimum absolute atomic E-state index is 0.292. The normalized spacial score (nSPS) is 19.6. The van der Waals surface area contributed by atoms with Crippen LogP contribution in [0.4, 0.5) is 0 Å². The van der Waals surface area contributed by atoms with Crippen molar-refractivity contribution in [2.75, 3.05) is 0 Å². The Morgan fingerprint density at radius 2 is 2.00 bits per heavy atom. The molecule has 1 aromatic carbocycles. The van der Waals surface area contributed by atoms with E-state index >= 15 is 0 Å². The molecule has 0 spiro atoms. The van der Waals surface area contributed by atoms with Crippen molar-refractivity contribution in [3.63, 3.8) is 0 Å². The van der Waals surface area contributed by atoms with Crippen molar-refractivity contribution in [3.05, 3.63) is 41.5 Å². The van der Waals surface area contributed by atoms with Crippen LogP contribution in [0.3, 0.4) is 0 Å². The summed E-state index contributed by atoms with van der Waals surface area (Å²) in [6, 6.07) is 4.90. The molecule has 0 heterocycles. The van der Waals surface area contributed by atoms with Crippen molar-refractivity contribution in [1.82, 2.24) is 0 Å². The first-order valence-corrected chi connectivity index (χ1v) is 4.18. The van der Waals surface area contributed by atoms with Crippen LogP contribution in [-0.2, 0) is 0 Å². The number of fused-ring (bicyclic) bond motifs is 1. The van der Waals surface area contributed by atoms with Gasteiger partial charge in [-0.1, -0.05) is 30.9 Å². The van der Waals surface area contributed by atoms with E-state index in [9.17, 15) is 14.7 Å². The van der Waals surface area contributed by atoms with E-state index in [4.69, 9.17) is 0 Å². The number of benzene rings is 1. The highest BCUT2D eigenvalue weighted by molar-refractivity contribution is 6.29. The smallest absolute Gasteiger partial charge is 0.200 e. The third-order valence-corrected chi connectivity index (χ3v) is 2.33. The highest BCUT2D eigenvalue weighted by atomic mass is 16.3. The van der Waals surface area contributed by atoms with Gasteiger partial charge in [-0.2, -0.15) is 0 Å². The van der Waals surface area contributed by atoms with Gasteiger partial charge in [0.2, 0.25) is 5.78 Å². The van der Waals surface area contributed by atoms with E-state index in [-0.39, 0.29) is 0 Å². The number of aliphatic hydroxyl groups is 1. The molecule has 1 aromatic rings. The Morgan fingerprint density at radius 1 is 1.29 bits per heavy atom. The quantitative estimate of drug-likeness (QED) is 0.670. The highest BCUT2D eigenvalue weighted by Crippen LogP contribution is 2.26. The van der Waals surface area contributed by atoms with Crippen molar-refractivity contribution < 1.29 is 14.7 Å². The topological polar surface area (TPSA) is 54.4 Å². The molecule has 0 aliphatic heterocycles. The third-order valence-electron chi connectivity index (χ3n) is 2.33. The molecule has 0 aromatic heterocycles. The Labute approximate surface area is 80.7 Å². The molecule has 0 saturated heterocycles. The molecule has 1 unspecified atom stereocenters. The number of aliphatic hydroxyl groups excluding tert-OH is 1. The molecule has 0 amide bonds. The van der Waals surface area contributed by atoms with E-state index < -0.39 is 17.7 Å². The Bertz CT molecular complexity index is 446. The van der Waals surface area contributed by atoms with Gasteiger partial charge in [-0.25, -0.2) is 0 Å². The minimum Gasteiger partial charge on any atom is -0.377 e. The van der Waals surface area contributed by atoms with Crippen LogP contribution in [-0.4, -0.2) is 22.8 Å². The number of rotatable bonds is 1. The molecule has 1 N–H and O–H groups in total. The second-order valence-corrected chi connectivity index (χ2v) is 3.10. The van der Waals surface area contributed by atoms with Crippen molar-refractivity contribution in [2.45, 2.75) is 6.10 Å². The van der Waals surface area contributed by atoms with E-state index in [1.165, 1.54) is 6.08 Å². The van der Waals surface area contributed by atoms with Gasteiger partial charge in [0.1, 0.15) is 0 Å². The van der Waals surface area contributed by atoms with Gasteiger partial charge in [0.05, 0.1) is 0 Å². The fraction of sp³-hybridized carbons (Fsp3) is 0.0909. The SMILES string of the molecule is C=Cc1cccc2c1C(=O)C(O)C2=O. The maximum Gasteiger partial charge on any atom is 0.200 e. The summed E-state index contributed by atoms with van der Waals surface area (Å²) in [5.41, 5.74) is 1.18. The lowest BCUT2D eigenvalue weighted by Gasteiger charge is -1.99. The summed E-state index contributed by atoms with van der Waals surface area (Å²) >= 11 is 0. The predicted molar refractivity (Wildman–Crippen MR) is 51.2 cm³/mol. The van der Waals surface area contributed by atoms with Crippen LogP contribution in [0, 0.1) is 0 Å². The summed E-state index contributed by atoms with van der Waals surface area (Å²) in [6.45, 7) is 3.55. The lowest BCUT2D eigenvalue weighted by atomic mass is 10.0. The second-order valence-electron chi connectivity index (χ2n) is 3.10. The Morgan fingerprint density at radius 3 is 2.64 bits per heavy atom. The summed E-state index contributed by atoms with van der Waals surface area (Å²) in [4.78, 5) is 22.8. The summed E-state index contributed by atoms with van der Waals surface area (Å²) in [7, 11) is 0. The second kappa shape index (κ2) is 2.89. The van der Waals surface area contributed by atoms with Crippen molar-refractivity contribution >= 4 is 17.6 Å². The molecule has 0 fully saturated rings. The molecule has 3 nitrogen and oxygen atoms in total. The number of Topliss-reactive ketones (excluding diaryl/α,β-unsaturated/α-hetero) is 2. The van der Waals surface area contributed by atoms with E-state index in [2.05, 4.69) is 6.58 Å². The van der Waals surface area contributed by atoms with Crippen molar-refractivity contribution in [3.8, 4) is 0 Å². The molecule has 0 radical (unpaired) electrons. The summed E-state index contributed by atoms with van der Waals surface area (Å²) < 4.78 is 0. The molecule has 1 aliphatic carbocycles. The van der Waals surface area contributed by atoms with Gasteiger partial charge in [-0.15, -0.1) is 0 Å². The van der Waals surface area contributed by atoms with E-state index in [1.54, 1.807) is 18.2 Å². The number of hydrogen-bond donors (Lipinski definition) is 1. The highest BCUT2D eigenvalue weighted by Gasteiger charge is 2.37. The first kappa shape index (κ1) is 8.84. The molecule has 70 valence electrons. The number of carbonyl (C=O) groups is 2. The molecule has 2 rings (SSSR count). The standard InChI is InChI=1S/C11H8O3/c1-2-6-4-3-5-7-8(6)10(13)11(14)9(7)12/h2-5,11,14H,1H2. The van der Waals surface area contributed by atoms with Gasteiger partial charge in [0.25, 0.3) is 0 Å². The van der Waals surface area contributed by atoms with Gasteiger partial charge < -0.3 is 5.11 Å². The number of carbonyl (C=O) groups excluding carboxylic acids is 2. The van der Waals surface area contributed by atoms with Crippen LogP contribution in [0.1, 0.15) is 26.3 Å². The van der Waals surface area contributed by atoms with Crippen LogP contribution in [0.15, 0.2) is 24.8 Å². The Hall–Kier alpha value is -1.74. The maximum atomic E-state index is 11.5. The molecule has 0 bridgehead atoms. The van der Waals surface area contributed by atoms with Crippen molar-refractivity contribution in [1.29, 1.82) is 0 Å². The van der Waals surface area contributed by atoms with Gasteiger partial charge in [-0.05, 0) is 5.56 Å². The van der Waals surface area contributed by atoms with Gasteiger partial charge >= 0.3 is 0 Å². The fourth-order valence-electron chi connectivity index (χ4n) is 1.62. The van der Waals surface area contributed by atoms with E-state index in [0.717, 1.165) is 0 Å². The average molecular weight is 188 g/mol. The third kappa shape index (κ3) is 0.961. The summed E-state index contributed by atoms with van der Waals surface area (Å²) in [6.07, 6.45) is -0.0201. The Balaban J connectivity index is 2.75. The lowest BCUT2D eigenvalue weighted by molar-refractivity contribution is 0.0663. The van der Waals surface area contributed by atoms with Gasteiger partial charge in [-0.3, -0.25) is 9.59 Å². The van der Waals surface area contributed by atoms with Crippen LogP contribution in [0.2, 0.25) is 0 Å². The number of ketones is 2. The fourth-order valence-corrected chi connectivity index (χ4v) is 1.62. The van der Waals surface area contributed by atoms with Crippen molar-refractivity contribution in [2.24, 2.45) is 0 Å². The van der Waals surface area contributed by atoms with Crippen LogP contribution < -0.4 is 0 Å². The summed E-state index contributed by atoms with van der Waals surface area (Å²) in [5.74, 6) is -1.05. The average Bonchev–Trinajstić information content (AvgIpc) is 2.44. The number of hydrogen-bond acceptors (Lipinski definition) is 3. The van der Waals surface area contributed by atoms with Gasteiger partial charge in [0, 0.05) is 11.1 Å². The zero-order valence-electron chi connectivity index (χ0n) is 7.36. The molecule has 3 heteroatoms. The van der Waals surface area contributed by atoms with Crippen LogP contribution in [0.5, 0.6) is 0 Å². The zero-order chi connectivity index (χ0) is 10.3. The van der Waals surface area contributed by atoms with E-state index in [0.29, 0.717) is 16.7 Å². The minimum atomic E-state index is -1.52. The molecule has 1 atom stereocenters. The maximum absolute atomic E-state index is 11.5.